The molecular formula is C17H25N3O2S. The van der Waals surface area contributed by atoms with E-state index in [1.54, 1.807) is 20.0 Å². The van der Waals surface area contributed by atoms with Gasteiger partial charge in [-0.3, -0.25) is 4.98 Å². The van der Waals surface area contributed by atoms with Gasteiger partial charge in [-0.1, -0.05) is 12.5 Å². The summed E-state index contributed by atoms with van der Waals surface area (Å²) in [7, 11) is -3.13. The molecule has 1 heterocycles. The quantitative estimate of drug-likeness (QED) is 0.691. The lowest BCUT2D eigenvalue weighted by atomic mass is 10.2. The molecule has 0 aliphatic carbocycles. The van der Waals surface area contributed by atoms with Gasteiger partial charge in [-0.05, 0) is 51.0 Å². The van der Waals surface area contributed by atoms with E-state index in [2.05, 4.69) is 21.1 Å². The first kappa shape index (κ1) is 17.7. The van der Waals surface area contributed by atoms with Crippen LogP contribution in [0.3, 0.4) is 0 Å². The SMILES string of the molecule is CC(C)S(=O)(=O)NCCCCCNc1ccc2ncccc2c1. The van der Waals surface area contributed by atoms with E-state index in [1.807, 2.05) is 24.3 Å². The van der Waals surface area contributed by atoms with Gasteiger partial charge in [-0.2, -0.15) is 0 Å². The Balaban J connectivity index is 1.65. The first-order valence-electron chi connectivity index (χ1n) is 8.06. The highest BCUT2D eigenvalue weighted by Gasteiger charge is 2.13. The zero-order valence-electron chi connectivity index (χ0n) is 13.7. The maximum absolute atomic E-state index is 11.6. The van der Waals surface area contributed by atoms with Crippen molar-refractivity contribution in [1.82, 2.24) is 9.71 Å². The minimum absolute atomic E-state index is 0.369. The van der Waals surface area contributed by atoms with Crippen molar-refractivity contribution in [3.8, 4) is 0 Å². The van der Waals surface area contributed by atoms with E-state index in [1.165, 1.54) is 0 Å². The molecule has 2 aromatic rings. The molecule has 0 fully saturated rings. The van der Waals surface area contributed by atoms with E-state index in [0.717, 1.165) is 42.4 Å². The molecule has 0 unspecified atom stereocenters. The van der Waals surface area contributed by atoms with Crippen LogP contribution in [0.2, 0.25) is 0 Å². The number of nitrogens with one attached hydrogen (secondary N) is 2. The lowest BCUT2D eigenvalue weighted by Gasteiger charge is -2.10. The van der Waals surface area contributed by atoms with Gasteiger partial charge in [-0.15, -0.1) is 0 Å². The fraction of sp³-hybridized carbons (Fsp3) is 0.471. The lowest BCUT2D eigenvalue weighted by molar-refractivity contribution is 0.566. The Bertz CT molecular complexity index is 729. The third-order valence-corrected chi connectivity index (χ3v) is 5.56. The number of pyridine rings is 1. The maximum atomic E-state index is 11.6. The predicted molar refractivity (Wildman–Crippen MR) is 96.1 cm³/mol. The van der Waals surface area contributed by atoms with Crippen LogP contribution in [0.1, 0.15) is 33.1 Å². The van der Waals surface area contributed by atoms with Crippen molar-refractivity contribution in [2.24, 2.45) is 0 Å². The molecule has 0 aliphatic rings. The van der Waals surface area contributed by atoms with Crippen LogP contribution in [0.4, 0.5) is 5.69 Å². The molecule has 6 heteroatoms. The molecule has 0 amide bonds. The van der Waals surface area contributed by atoms with Crippen LogP contribution in [-0.4, -0.2) is 31.7 Å². The van der Waals surface area contributed by atoms with E-state index in [-0.39, 0.29) is 5.25 Å². The zero-order valence-corrected chi connectivity index (χ0v) is 14.6. The van der Waals surface area contributed by atoms with E-state index < -0.39 is 10.0 Å². The molecule has 5 nitrogen and oxygen atoms in total. The van der Waals surface area contributed by atoms with Crippen molar-refractivity contribution in [3.63, 3.8) is 0 Å². The molecule has 0 spiro atoms. The molecule has 2 N–H and O–H groups in total. The van der Waals surface area contributed by atoms with E-state index >= 15 is 0 Å². The van der Waals surface area contributed by atoms with Gasteiger partial charge in [0.05, 0.1) is 10.8 Å². The van der Waals surface area contributed by atoms with Gasteiger partial charge in [0.1, 0.15) is 0 Å². The smallest absolute Gasteiger partial charge is 0.213 e. The Morgan fingerprint density at radius 1 is 1.09 bits per heavy atom. The second-order valence-electron chi connectivity index (χ2n) is 5.89. The Kier molecular flexibility index (Phi) is 6.36. The van der Waals surface area contributed by atoms with Gasteiger partial charge in [0.25, 0.3) is 0 Å². The summed E-state index contributed by atoms with van der Waals surface area (Å²) in [6, 6.07) is 10.1. The largest absolute Gasteiger partial charge is 0.385 e. The summed E-state index contributed by atoms with van der Waals surface area (Å²) in [4.78, 5) is 4.30. The number of sulfonamides is 1. The zero-order chi connectivity index (χ0) is 16.7. The monoisotopic (exact) mass is 335 g/mol. The van der Waals surface area contributed by atoms with Crippen molar-refractivity contribution in [2.45, 2.75) is 38.4 Å². The summed E-state index contributed by atoms with van der Waals surface area (Å²) in [6.07, 6.45) is 4.65. The minimum Gasteiger partial charge on any atom is -0.385 e. The first-order valence-corrected chi connectivity index (χ1v) is 9.61. The molecule has 0 radical (unpaired) electrons. The number of fused-ring (bicyclic) bond motifs is 1. The number of rotatable bonds is 9. The summed E-state index contributed by atoms with van der Waals surface area (Å²) in [5.41, 5.74) is 2.08. The number of hydrogen-bond acceptors (Lipinski definition) is 4. The van der Waals surface area contributed by atoms with Crippen LogP contribution in [0.25, 0.3) is 10.9 Å². The Labute approximate surface area is 138 Å². The highest BCUT2D eigenvalue weighted by atomic mass is 32.2. The number of hydrogen-bond donors (Lipinski definition) is 2. The highest BCUT2D eigenvalue weighted by molar-refractivity contribution is 7.90. The van der Waals surface area contributed by atoms with Crippen molar-refractivity contribution in [3.05, 3.63) is 36.5 Å². The average molecular weight is 335 g/mol. The summed E-state index contributed by atoms with van der Waals surface area (Å²) < 4.78 is 25.8. The van der Waals surface area contributed by atoms with Crippen molar-refractivity contribution >= 4 is 26.6 Å². The number of benzene rings is 1. The molecular weight excluding hydrogens is 310 g/mol. The fourth-order valence-corrected chi connectivity index (χ4v) is 2.99. The second kappa shape index (κ2) is 8.26. The van der Waals surface area contributed by atoms with Crippen molar-refractivity contribution < 1.29 is 8.42 Å². The summed E-state index contributed by atoms with van der Waals surface area (Å²) in [6.45, 7) is 4.77. The average Bonchev–Trinajstić information content (AvgIpc) is 2.53. The van der Waals surface area contributed by atoms with Gasteiger partial charge in [-0.25, -0.2) is 13.1 Å². The summed E-state index contributed by atoms with van der Waals surface area (Å²) in [5.74, 6) is 0. The van der Waals surface area contributed by atoms with Crippen LogP contribution >= 0.6 is 0 Å². The molecule has 23 heavy (non-hydrogen) atoms. The van der Waals surface area contributed by atoms with Crippen LogP contribution < -0.4 is 10.0 Å². The third kappa shape index (κ3) is 5.48. The maximum Gasteiger partial charge on any atom is 0.213 e. The topological polar surface area (TPSA) is 71.1 Å². The van der Waals surface area contributed by atoms with Crippen LogP contribution in [0.15, 0.2) is 36.5 Å². The molecule has 0 saturated heterocycles. The number of aromatic nitrogens is 1. The number of unbranched alkanes of at least 4 members (excludes halogenated alkanes) is 2. The Morgan fingerprint density at radius 2 is 1.87 bits per heavy atom. The van der Waals surface area contributed by atoms with Gasteiger partial charge in [0.2, 0.25) is 10.0 Å². The summed E-state index contributed by atoms with van der Waals surface area (Å²) in [5, 5.41) is 4.15. The van der Waals surface area contributed by atoms with Crippen LogP contribution in [0, 0.1) is 0 Å². The van der Waals surface area contributed by atoms with Gasteiger partial charge in [0.15, 0.2) is 0 Å². The minimum atomic E-state index is -3.13. The fourth-order valence-electron chi connectivity index (χ4n) is 2.23. The molecule has 0 aliphatic heterocycles. The van der Waals surface area contributed by atoms with Crippen LogP contribution in [0.5, 0.6) is 0 Å². The van der Waals surface area contributed by atoms with Gasteiger partial charge < -0.3 is 5.32 Å². The predicted octanol–water partition coefficient (Wildman–Crippen LogP) is 3.14. The van der Waals surface area contributed by atoms with E-state index in [9.17, 15) is 8.42 Å². The number of nitrogens with zero attached hydrogens (tertiary/aromatic N) is 1. The molecule has 126 valence electrons. The van der Waals surface area contributed by atoms with Gasteiger partial charge >= 0.3 is 0 Å². The molecule has 2 rings (SSSR count). The normalized spacial score (nSPS) is 12.0. The first-order chi connectivity index (χ1) is 11.0. The molecule has 0 saturated carbocycles. The van der Waals surface area contributed by atoms with E-state index in [4.69, 9.17) is 0 Å². The molecule has 0 atom stereocenters. The summed E-state index contributed by atoms with van der Waals surface area (Å²) >= 11 is 0. The standard InChI is InChI=1S/C17H25N3O2S/c1-14(2)23(21,22)20-12-5-3-4-10-18-16-8-9-17-15(13-16)7-6-11-19-17/h6-9,11,13-14,18,20H,3-5,10,12H2,1-2H3. The van der Waals surface area contributed by atoms with Crippen LogP contribution in [-0.2, 0) is 10.0 Å². The van der Waals surface area contributed by atoms with Crippen molar-refractivity contribution in [2.75, 3.05) is 18.4 Å². The highest BCUT2D eigenvalue weighted by Crippen LogP contribution is 2.16. The Hall–Kier alpha value is -1.66. The van der Waals surface area contributed by atoms with Gasteiger partial charge in [0, 0.05) is 30.4 Å². The third-order valence-electron chi connectivity index (χ3n) is 3.71. The van der Waals surface area contributed by atoms with Crippen molar-refractivity contribution in [1.29, 1.82) is 0 Å². The molecule has 0 bridgehead atoms. The lowest BCUT2D eigenvalue weighted by Crippen LogP contribution is -2.31. The Morgan fingerprint density at radius 3 is 2.65 bits per heavy atom. The molecule has 1 aromatic carbocycles. The van der Waals surface area contributed by atoms with E-state index in [0.29, 0.717) is 6.54 Å². The molecule has 1 aromatic heterocycles. The second-order valence-corrected chi connectivity index (χ2v) is 8.21. The number of anilines is 1.